The van der Waals surface area contributed by atoms with E-state index in [9.17, 15) is 13.2 Å². The molecule has 29 heavy (non-hydrogen) atoms. The largest absolute Gasteiger partial charge is 0.341 e. The van der Waals surface area contributed by atoms with E-state index in [1.165, 1.54) is 9.87 Å². The Morgan fingerprint density at radius 1 is 1.07 bits per heavy atom. The molecular weight excluding hydrogens is 384 g/mol. The van der Waals surface area contributed by atoms with Crippen LogP contribution in [0.2, 0.25) is 0 Å². The van der Waals surface area contributed by atoms with Gasteiger partial charge in [-0.15, -0.1) is 0 Å². The molecule has 6 heteroatoms. The number of sulfonamides is 1. The summed E-state index contributed by atoms with van der Waals surface area (Å²) in [6.45, 7) is 5.06. The molecular formula is C23H30N2O3S. The molecule has 0 aromatic heterocycles. The number of carbonyl (C=O) groups is 1. The number of amides is 1. The SMILES string of the molecule is Cc1ccc(N(CC(=O)N2CCC(Cc3ccccc3)CC2)S(C)(=O)=O)c(C)c1. The molecule has 0 bridgehead atoms. The summed E-state index contributed by atoms with van der Waals surface area (Å²) in [4.78, 5) is 14.7. The molecule has 0 radical (unpaired) electrons. The van der Waals surface area contributed by atoms with Crippen LogP contribution in [0.1, 0.15) is 29.5 Å². The van der Waals surface area contributed by atoms with Gasteiger partial charge >= 0.3 is 0 Å². The monoisotopic (exact) mass is 414 g/mol. The van der Waals surface area contributed by atoms with Gasteiger partial charge in [0.25, 0.3) is 0 Å². The van der Waals surface area contributed by atoms with E-state index in [0.29, 0.717) is 24.7 Å². The third-order valence-electron chi connectivity index (χ3n) is 5.63. The molecule has 5 nitrogen and oxygen atoms in total. The van der Waals surface area contributed by atoms with E-state index >= 15 is 0 Å². The third-order valence-corrected chi connectivity index (χ3v) is 6.76. The van der Waals surface area contributed by atoms with Crippen molar-refractivity contribution in [3.8, 4) is 0 Å². The van der Waals surface area contributed by atoms with Crippen molar-refractivity contribution in [1.29, 1.82) is 0 Å². The molecule has 156 valence electrons. The summed E-state index contributed by atoms with van der Waals surface area (Å²) in [5.74, 6) is 0.431. The van der Waals surface area contributed by atoms with Crippen molar-refractivity contribution >= 4 is 21.6 Å². The first kappa shape index (κ1) is 21.4. The minimum atomic E-state index is -3.55. The quantitative estimate of drug-likeness (QED) is 0.726. The number of nitrogens with zero attached hydrogens (tertiary/aromatic N) is 2. The zero-order valence-corrected chi connectivity index (χ0v) is 18.3. The lowest BCUT2D eigenvalue weighted by molar-refractivity contribution is -0.130. The summed E-state index contributed by atoms with van der Waals surface area (Å²) in [6, 6.07) is 16.0. The second-order valence-electron chi connectivity index (χ2n) is 8.07. The van der Waals surface area contributed by atoms with Crippen LogP contribution >= 0.6 is 0 Å². The Morgan fingerprint density at radius 2 is 1.72 bits per heavy atom. The molecule has 0 aliphatic carbocycles. The van der Waals surface area contributed by atoms with Gasteiger partial charge in [-0.3, -0.25) is 9.10 Å². The van der Waals surface area contributed by atoms with E-state index < -0.39 is 10.0 Å². The number of carbonyl (C=O) groups excluding carboxylic acids is 1. The normalized spacial score (nSPS) is 15.3. The van der Waals surface area contributed by atoms with Gasteiger partial charge in [-0.1, -0.05) is 48.0 Å². The standard InChI is InChI=1S/C23H30N2O3S/c1-18-9-10-22(19(2)15-18)25(29(3,27)28)17-23(26)24-13-11-21(12-14-24)16-20-7-5-4-6-8-20/h4-10,15,21H,11-14,16-17H2,1-3H3. The van der Waals surface area contributed by atoms with Crippen molar-refractivity contribution in [1.82, 2.24) is 4.90 Å². The van der Waals surface area contributed by atoms with Crippen molar-refractivity contribution in [2.45, 2.75) is 33.1 Å². The van der Waals surface area contributed by atoms with Crippen LogP contribution < -0.4 is 4.31 Å². The molecule has 2 aromatic carbocycles. The molecule has 3 rings (SSSR count). The average Bonchev–Trinajstić information content (AvgIpc) is 2.67. The van der Waals surface area contributed by atoms with Crippen LogP contribution in [0.25, 0.3) is 0 Å². The Labute approximate surface area is 174 Å². The molecule has 2 aromatic rings. The van der Waals surface area contributed by atoms with E-state index in [0.717, 1.165) is 36.6 Å². The highest BCUT2D eigenvalue weighted by Gasteiger charge is 2.28. The molecule has 1 aliphatic heterocycles. The van der Waals surface area contributed by atoms with Crippen molar-refractivity contribution < 1.29 is 13.2 Å². The Bertz CT molecular complexity index is 949. The second kappa shape index (κ2) is 8.99. The summed E-state index contributed by atoms with van der Waals surface area (Å²) in [6.07, 6.45) is 4.08. The van der Waals surface area contributed by atoms with Crippen LogP contribution in [0, 0.1) is 19.8 Å². The predicted octanol–water partition coefficient (Wildman–Crippen LogP) is 3.55. The Morgan fingerprint density at radius 3 is 2.31 bits per heavy atom. The molecule has 1 fully saturated rings. The van der Waals surface area contributed by atoms with Crippen molar-refractivity contribution in [3.63, 3.8) is 0 Å². The van der Waals surface area contributed by atoms with Crippen LogP contribution in [0.5, 0.6) is 0 Å². The minimum absolute atomic E-state index is 0.131. The van der Waals surface area contributed by atoms with E-state index in [1.807, 2.05) is 36.9 Å². The average molecular weight is 415 g/mol. The van der Waals surface area contributed by atoms with Gasteiger partial charge in [0.1, 0.15) is 6.54 Å². The number of anilines is 1. The molecule has 0 N–H and O–H groups in total. The van der Waals surface area contributed by atoms with E-state index in [2.05, 4.69) is 24.3 Å². The van der Waals surface area contributed by atoms with Gasteiger partial charge < -0.3 is 4.90 Å². The highest BCUT2D eigenvalue weighted by Crippen LogP contribution is 2.25. The fourth-order valence-corrected chi connectivity index (χ4v) is 4.93. The van der Waals surface area contributed by atoms with E-state index in [4.69, 9.17) is 0 Å². The summed E-state index contributed by atoms with van der Waals surface area (Å²) >= 11 is 0. The summed E-state index contributed by atoms with van der Waals surface area (Å²) in [7, 11) is -3.55. The third kappa shape index (κ3) is 5.60. The number of hydrogen-bond acceptors (Lipinski definition) is 3. The lowest BCUT2D eigenvalue weighted by Crippen LogP contribution is -2.46. The van der Waals surface area contributed by atoms with Gasteiger partial charge in [0.2, 0.25) is 15.9 Å². The Balaban J connectivity index is 1.63. The predicted molar refractivity (Wildman–Crippen MR) is 118 cm³/mol. The van der Waals surface area contributed by atoms with Gasteiger partial charge in [0.15, 0.2) is 0 Å². The van der Waals surface area contributed by atoms with Gasteiger partial charge in [0.05, 0.1) is 11.9 Å². The van der Waals surface area contributed by atoms with Crippen LogP contribution in [-0.2, 0) is 21.2 Å². The van der Waals surface area contributed by atoms with Crippen LogP contribution in [0.15, 0.2) is 48.5 Å². The van der Waals surface area contributed by atoms with Crippen molar-refractivity contribution in [3.05, 3.63) is 65.2 Å². The summed E-state index contributed by atoms with van der Waals surface area (Å²) in [5.41, 5.74) is 3.82. The number of piperidine rings is 1. The fourth-order valence-electron chi connectivity index (χ4n) is 4.02. The first-order valence-corrected chi connectivity index (χ1v) is 12.0. The molecule has 1 saturated heterocycles. The minimum Gasteiger partial charge on any atom is -0.341 e. The summed E-state index contributed by atoms with van der Waals surface area (Å²) in [5, 5.41) is 0. The lowest BCUT2D eigenvalue weighted by atomic mass is 9.90. The molecule has 0 saturated carbocycles. The Hall–Kier alpha value is -2.34. The zero-order valence-electron chi connectivity index (χ0n) is 17.5. The molecule has 0 atom stereocenters. The first-order valence-electron chi connectivity index (χ1n) is 10.1. The highest BCUT2D eigenvalue weighted by molar-refractivity contribution is 7.92. The number of rotatable bonds is 6. The first-order chi connectivity index (χ1) is 13.7. The topological polar surface area (TPSA) is 57.7 Å². The van der Waals surface area contributed by atoms with Crippen LogP contribution in [-0.4, -0.2) is 45.1 Å². The molecule has 1 heterocycles. The molecule has 0 unspecified atom stereocenters. The molecule has 0 spiro atoms. The number of hydrogen-bond donors (Lipinski definition) is 0. The maximum Gasteiger partial charge on any atom is 0.243 e. The number of benzene rings is 2. The van der Waals surface area contributed by atoms with Gasteiger partial charge in [0, 0.05) is 13.1 Å². The van der Waals surface area contributed by atoms with Gasteiger partial charge in [-0.25, -0.2) is 8.42 Å². The molecule has 1 amide bonds. The molecule has 1 aliphatic rings. The maximum atomic E-state index is 12.9. The van der Waals surface area contributed by atoms with Crippen molar-refractivity contribution in [2.24, 2.45) is 5.92 Å². The van der Waals surface area contributed by atoms with Gasteiger partial charge in [-0.05, 0) is 56.2 Å². The van der Waals surface area contributed by atoms with E-state index in [1.54, 1.807) is 6.07 Å². The maximum absolute atomic E-state index is 12.9. The fraction of sp³-hybridized carbons (Fsp3) is 0.435. The van der Waals surface area contributed by atoms with E-state index in [-0.39, 0.29) is 12.5 Å². The highest BCUT2D eigenvalue weighted by atomic mass is 32.2. The summed E-state index contributed by atoms with van der Waals surface area (Å²) < 4.78 is 26.0. The van der Waals surface area contributed by atoms with Crippen LogP contribution in [0.3, 0.4) is 0 Å². The van der Waals surface area contributed by atoms with Gasteiger partial charge in [-0.2, -0.15) is 0 Å². The zero-order chi connectivity index (χ0) is 21.0. The lowest BCUT2D eigenvalue weighted by Gasteiger charge is -2.34. The smallest absolute Gasteiger partial charge is 0.243 e. The van der Waals surface area contributed by atoms with Crippen molar-refractivity contribution in [2.75, 3.05) is 30.2 Å². The number of likely N-dealkylation sites (tertiary alicyclic amines) is 1. The number of aryl methyl sites for hydroxylation is 2. The second-order valence-corrected chi connectivity index (χ2v) is 9.98. The van der Waals surface area contributed by atoms with Crippen LogP contribution in [0.4, 0.5) is 5.69 Å². The Kier molecular flexibility index (Phi) is 6.63.